The van der Waals surface area contributed by atoms with Gasteiger partial charge in [0.25, 0.3) is 0 Å². The number of hydrogen-bond acceptors (Lipinski definition) is 5. The number of amides is 3. The maximum atomic E-state index is 13.8. The molecule has 2 atom stereocenters. The van der Waals surface area contributed by atoms with Crippen LogP contribution in [0, 0.1) is 23.5 Å². The molecule has 2 saturated heterocycles. The van der Waals surface area contributed by atoms with E-state index in [1.165, 1.54) is 36.3 Å². The number of halogens is 4. The van der Waals surface area contributed by atoms with Crippen LogP contribution in [-0.2, 0) is 14.3 Å². The van der Waals surface area contributed by atoms with Crippen molar-refractivity contribution in [3.8, 4) is 0 Å². The van der Waals surface area contributed by atoms with E-state index in [1.807, 2.05) is 0 Å². The van der Waals surface area contributed by atoms with E-state index in [0.29, 0.717) is 25.9 Å². The van der Waals surface area contributed by atoms with Crippen LogP contribution < -0.4 is 16.0 Å². The number of methoxy groups -OCH3 is 1. The zero-order valence-corrected chi connectivity index (χ0v) is 22.4. The van der Waals surface area contributed by atoms with Gasteiger partial charge in [-0.2, -0.15) is 0 Å². The summed E-state index contributed by atoms with van der Waals surface area (Å²) in [7, 11) is 1.30. The van der Waals surface area contributed by atoms with Gasteiger partial charge in [-0.1, -0.05) is 35.3 Å². The number of carbonyl (C=O) groups is 3. The molecule has 2 fully saturated rings. The lowest BCUT2D eigenvalue weighted by Crippen LogP contribution is -2.43. The number of nitrogens with one attached hydrogen (secondary N) is 3. The summed E-state index contributed by atoms with van der Waals surface area (Å²) in [5.74, 6) is -2.21. The zero-order valence-electron chi connectivity index (χ0n) is 20.9. The van der Waals surface area contributed by atoms with Gasteiger partial charge in [-0.3, -0.25) is 9.59 Å². The van der Waals surface area contributed by atoms with Crippen molar-refractivity contribution >= 4 is 52.5 Å². The first kappa shape index (κ1) is 29.6. The van der Waals surface area contributed by atoms with Crippen LogP contribution in [0.1, 0.15) is 25.7 Å². The molecule has 0 radical (unpaired) electrons. The highest BCUT2D eigenvalue weighted by Crippen LogP contribution is 2.25. The Bertz CT molecular complexity index is 1150. The molecule has 0 aromatic heterocycles. The van der Waals surface area contributed by atoms with Gasteiger partial charge in [0.2, 0.25) is 11.8 Å². The van der Waals surface area contributed by atoms with Gasteiger partial charge in [-0.25, -0.2) is 13.6 Å². The van der Waals surface area contributed by atoms with Gasteiger partial charge in [0.15, 0.2) is 11.6 Å². The van der Waals surface area contributed by atoms with E-state index in [9.17, 15) is 23.2 Å². The van der Waals surface area contributed by atoms with Crippen molar-refractivity contribution in [2.45, 2.75) is 25.7 Å². The van der Waals surface area contributed by atoms with Crippen LogP contribution in [0.15, 0.2) is 36.4 Å². The molecule has 0 spiro atoms. The molecule has 2 heterocycles. The van der Waals surface area contributed by atoms with Gasteiger partial charge in [0.05, 0.1) is 40.4 Å². The molecule has 12 heteroatoms. The highest BCUT2D eigenvalue weighted by Gasteiger charge is 2.29. The Hall–Kier alpha value is -2.95. The molecule has 3 amide bonds. The SMILES string of the molecule is COC(=O)N1CCC[C@H](C(=O)Nc2cccc(Cl)c2F)C1.O=C(Nc1cccc(Cl)c1F)[C@H]1CCCNC1. The lowest BCUT2D eigenvalue weighted by Gasteiger charge is -2.30. The minimum absolute atomic E-state index is 0.0181. The Labute approximate surface area is 230 Å². The highest BCUT2D eigenvalue weighted by atomic mass is 35.5. The van der Waals surface area contributed by atoms with Crippen LogP contribution in [0.2, 0.25) is 10.0 Å². The Balaban J connectivity index is 0.000000215. The molecule has 2 aromatic rings. The fourth-order valence-corrected chi connectivity index (χ4v) is 4.58. The first-order valence-corrected chi connectivity index (χ1v) is 13.0. The van der Waals surface area contributed by atoms with E-state index in [4.69, 9.17) is 23.2 Å². The van der Waals surface area contributed by atoms with Crippen LogP contribution in [0.25, 0.3) is 0 Å². The second-order valence-electron chi connectivity index (χ2n) is 8.98. The quantitative estimate of drug-likeness (QED) is 0.462. The second kappa shape index (κ2) is 14.3. The van der Waals surface area contributed by atoms with Crippen molar-refractivity contribution in [1.82, 2.24) is 10.2 Å². The fourth-order valence-electron chi connectivity index (χ4n) is 4.23. The van der Waals surface area contributed by atoms with Crippen molar-refractivity contribution in [3.63, 3.8) is 0 Å². The molecule has 4 rings (SSSR count). The van der Waals surface area contributed by atoms with E-state index in [0.717, 1.165) is 19.4 Å². The molecular formula is C26H30Cl2F2N4O4. The minimum atomic E-state index is -0.659. The summed E-state index contributed by atoms with van der Waals surface area (Å²) in [4.78, 5) is 37.0. The average Bonchev–Trinajstić information content (AvgIpc) is 2.94. The van der Waals surface area contributed by atoms with Gasteiger partial charge >= 0.3 is 6.09 Å². The normalized spacial score (nSPS) is 19.0. The highest BCUT2D eigenvalue weighted by molar-refractivity contribution is 6.31. The molecule has 206 valence electrons. The number of likely N-dealkylation sites (tertiary alicyclic amines) is 1. The Morgan fingerprint density at radius 1 is 0.921 bits per heavy atom. The van der Waals surface area contributed by atoms with E-state index < -0.39 is 23.6 Å². The summed E-state index contributed by atoms with van der Waals surface area (Å²) in [6.45, 7) is 2.41. The van der Waals surface area contributed by atoms with E-state index in [2.05, 4.69) is 20.7 Å². The van der Waals surface area contributed by atoms with Crippen LogP contribution >= 0.6 is 23.2 Å². The summed E-state index contributed by atoms with van der Waals surface area (Å²) in [6.07, 6.45) is 2.69. The molecule has 2 aliphatic rings. The second-order valence-corrected chi connectivity index (χ2v) is 9.79. The number of anilines is 2. The summed E-state index contributed by atoms with van der Waals surface area (Å²) in [5.41, 5.74) is 0.191. The molecule has 0 bridgehead atoms. The summed E-state index contributed by atoms with van der Waals surface area (Å²) >= 11 is 11.3. The number of ether oxygens (including phenoxy) is 1. The minimum Gasteiger partial charge on any atom is -0.453 e. The number of hydrogen-bond donors (Lipinski definition) is 3. The van der Waals surface area contributed by atoms with Gasteiger partial charge in [-0.05, 0) is 56.5 Å². The maximum Gasteiger partial charge on any atom is 0.409 e. The Kier molecular flexibility index (Phi) is 11.1. The number of carbonyl (C=O) groups excluding carboxylic acids is 3. The van der Waals surface area contributed by atoms with Crippen molar-refractivity contribution in [2.75, 3.05) is 43.9 Å². The molecule has 0 aliphatic carbocycles. The number of nitrogens with zero attached hydrogens (tertiary/aromatic N) is 1. The molecular weight excluding hydrogens is 541 g/mol. The third kappa shape index (κ3) is 8.02. The maximum absolute atomic E-state index is 13.8. The molecule has 2 aliphatic heterocycles. The van der Waals surface area contributed by atoms with Gasteiger partial charge < -0.3 is 25.6 Å². The molecule has 8 nitrogen and oxygen atoms in total. The van der Waals surface area contributed by atoms with Crippen molar-refractivity contribution in [1.29, 1.82) is 0 Å². The summed E-state index contributed by atoms with van der Waals surface area (Å²) in [6, 6.07) is 8.99. The van der Waals surface area contributed by atoms with E-state index in [1.54, 1.807) is 12.1 Å². The van der Waals surface area contributed by atoms with Crippen LogP contribution in [-0.4, -0.2) is 56.1 Å². The van der Waals surface area contributed by atoms with Crippen molar-refractivity contribution < 1.29 is 27.9 Å². The molecule has 0 unspecified atom stereocenters. The standard InChI is InChI=1S/C14H16ClFN2O3.C12H14ClFN2O/c1-21-14(20)18-7-3-4-9(8-18)13(19)17-11-6-2-5-10(15)12(11)16;13-9-4-1-5-10(11(9)14)16-12(17)8-3-2-6-15-7-8/h2,5-6,9H,3-4,7-8H2,1H3,(H,17,19);1,4-5,8,15H,2-3,6-7H2,(H,16,17)/t9-;8-/m00/s1. The fraction of sp³-hybridized carbons (Fsp3) is 0.423. The molecule has 38 heavy (non-hydrogen) atoms. The lowest BCUT2D eigenvalue weighted by atomic mass is 9.97. The van der Waals surface area contributed by atoms with Crippen LogP contribution in [0.3, 0.4) is 0 Å². The Morgan fingerprint density at radius 2 is 1.47 bits per heavy atom. The van der Waals surface area contributed by atoms with Gasteiger partial charge in [-0.15, -0.1) is 0 Å². The zero-order chi connectivity index (χ0) is 27.7. The average molecular weight is 571 g/mol. The van der Waals surface area contributed by atoms with Crippen LogP contribution in [0.4, 0.5) is 25.0 Å². The number of benzene rings is 2. The molecule has 0 saturated carbocycles. The smallest absolute Gasteiger partial charge is 0.409 e. The largest absolute Gasteiger partial charge is 0.453 e. The predicted molar refractivity (Wildman–Crippen MR) is 142 cm³/mol. The number of rotatable bonds is 4. The summed E-state index contributed by atoms with van der Waals surface area (Å²) < 4.78 is 32.0. The van der Waals surface area contributed by atoms with Gasteiger partial charge in [0, 0.05) is 19.6 Å². The van der Waals surface area contributed by atoms with E-state index >= 15 is 0 Å². The van der Waals surface area contributed by atoms with Crippen LogP contribution in [0.5, 0.6) is 0 Å². The Morgan fingerprint density at radius 3 is 2.00 bits per heavy atom. The van der Waals surface area contributed by atoms with Crippen molar-refractivity contribution in [3.05, 3.63) is 58.1 Å². The topological polar surface area (TPSA) is 99.8 Å². The van der Waals surface area contributed by atoms with E-state index in [-0.39, 0.29) is 45.7 Å². The first-order valence-electron chi connectivity index (χ1n) is 12.2. The van der Waals surface area contributed by atoms with Gasteiger partial charge in [0.1, 0.15) is 0 Å². The third-order valence-electron chi connectivity index (χ3n) is 6.31. The lowest BCUT2D eigenvalue weighted by molar-refractivity contribution is -0.121. The predicted octanol–water partition coefficient (Wildman–Crippen LogP) is 5.31. The van der Waals surface area contributed by atoms with Crippen molar-refractivity contribution in [2.24, 2.45) is 11.8 Å². The third-order valence-corrected chi connectivity index (χ3v) is 6.90. The molecule has 2 aromatic carbocycles. The monoisotopic (exact) mass is 570 g/mol. The summed E-state index contributed by atoms with van der Waals surface area (Å²) in [5, 5.41) is 8.22. The number of piperidine rings is 2. The first-order chi connectivity index (χ1) is 18.2. The molecule has 3 N–H and O–H groups in total.